The third kappa shape index (κ3) is 4.38. The largest absolute Gasteiger partial charge is 0.461 e. The number of aromatic nitrogens is 2. The van der Waals surface area contributed by atoms with Gasteiger partial charge in [0.15, 0.2) is 5.82 Å². The van der Waals surface area contributed by atoms with E-state index >= 15 is 8.78 Å². The van der Waals surface area contributed by atoms with Gasteiger partial charge in [0.1, 0.15) is 29.9 Å². The zero-order chi connectivity index (χ0) is 31.0. The summed E-state index contributed by atoms with van der Waals surface area (Å²) in [5.41, 5.74) is 0.570. The van der Waals surface area contributed by atoms with E-state index in [0.29, 0.717) is 24.9 Å². The number of rotatable bonds is 6. The molecule has 0 radical (unpaired) electrons. The fraction of sp³-hybridized carbons (Fsp3) is 0.412. The molecule has 1 N–H and O–H groups in total. The van der Waals surface area contributed by atoms with Gasteiger partial charge in [-0.1, -0.05) is 43.3 Å². The normalized spacial score (nSPS) is 26.2. The van der Waals surface area contributed by atoms with Gasteiger partial charge in [-0.2, -0.15) is 9.97 Å². The highest BCUT2D eigenvalue weighted by Gasteiger charge is 2.50. The molecule has 8 nitrogen and oxygen atoms in total. The summed E-state index contributed by atoms with van der Waals surface area (Å²) in [6.07, 6.45) is 1.76. The van der Waals surface area contributed by atoms with Crippen LogP contribution in [0.1, 0.15) is 31.7 Å². The molecule has 4 aliphatic rings. The molecule has 2 amide bonds. The minimum atomic E-state index is -0.952. The Hall–Kier alpha value is -4.25. The third-order valence-corrected chi connectivity index (χ3v) is 10.3. The van der Waals surface area contributed by atoms with Crippen molar-refractivity contribution in [3.05, 3.63) is 59.7 Å². The molecule has 4 atom stereocenters. The van der Waals surface area contributed by atoms with E-state index in [1.165, 1.54) is 6.07 Å². The summed E-state index contributed by atoms with van der Waals surface area (Å²) in [7, 11) is 0. The average molecular weight is 616 g/mol. The smallest absolute Gasteiger partial charge is 0.319 e. The predicted molar refractivity (Wildman–Crippen MR) is 163 cm³/mol. The number of imide groups is 1. The Morgan fingerprint density at radius 3 is 2.56 bits per heavy atom. The second-order valence-corrected chi connectivity index (χ2v) is 12.8. The van der Waals surface area contributed by atoms with Crippen molar-refractivity contribution in [1.82, 2.24) is 20.2 Å². The number of hydrogen-bond donors (Lipinski definition) is 1. The molecule has 8 rings (SSSR count). The molecule has 4 fully saturated rings. The SMILES string of the molecule is CCc1cccc2cccc(-c3c(F)cc4c(N5CC6C(=O)NC(=O)C6C5)nc(OC[C@@]56CCCN5C[C@H](F)C6)nc4c3F)c12. The van der Waals surface area contributed by atoms with Crippen molar-refractivity contribution in [3.8, 4) is 17.1 Å². The van der Waals surface area contributed by atoms with Crippen molar-refractivity contribution >= 4 is 39.3 Å². The number of carbonyl (C=O) groups excluding carboxylic acids is 2. The number of anilines is 1. The molecule has 0 bridgehead atoms. The first-order valence-corrected chi connectivity index (χ1v) is 15.6. The van der Waals surface area contributed by atoms with Crippen LogP contribution in [0.2, 0.25) is 0 Å². The molecular formula is C34H32F3N5O3. The Bertz CT molecular complexity index is 1880. The summed E-state index contributed by atoms with van der Waals surface area (Å²) >= 11 is 0. The standard InChI is InChI=1S/C34H32F3N5O3/c1-2-18-6-3-7-19-8-4-9-21(26(18)19)27-25(36)12-22-29(28(27)37)38-33(45-17-34-10-5-11-42(34)14-20(35)13-34)39-30(22)41-15-23-24(16-41)32(44)40-31(23)43/h3-4,6-9,12,20,23-24H,2,5,10-11,13-17H2,1H3,(H,40,43,44)/t20-,23?,24?,34+/m1/s1. The van der Waals surface area contributed by atoms with Gasteiger partial charge in [0.2, 0.25) is 11.8 Å². The monoisotopic (exact) mass is 615 g/mol. The van der Waals surface area contributed by atoms with E-state index in [0.717, 1.165) is 35.7 Å². The van der Waals surface area contributed by atoms with Crippen LogP contribution in [-0.4, -0.2) is 71.2 Å². The summed E-state index contributed by atoms with van der Waals surface area (Å²) in [5.74, 6) is -3.35. The van der Waals surface area contributed by atoms with Crippen molar-refractivity contribution in [1.29, 1.82) is 0 Å². The number of hydrogen-bond acceptors (Lipinski definition) is 7. The van der Waals surface area contributed by atoms with Crippen LogP contribution in [0.3, 0.4) is 0 Å². The van der Waals surface area contributed by atoms with E-state index in [9.17, 15) is 14.0 Å². The molecule has 3 aromatic carbocycles. The molecule has 1 aromatic heterocycles. The third-order valence-electron chi connectivity index (χ3n) is 10.3. The van der Waals surface area contributed by atoms with E-state index in [-0.39, 0.29) is 59.8 Å². The number of alkyl halides is 1. The number of ether oxygens (including phenoxy) is 1. The number of aryl methyl sites for hydroxylation is 1. The molecule has 4 saturated heterocycles. The Kier molecular flexibility index (Phi) is 6.53. The second-order valence-electron chi connectivity index (χ2n) is 12.8. The van der Waals surface area contributed by atoms with Gasteiger partial charge in [-0.3, -0.25) is 19.8 Å². The number of fused-ring (bicyclic) bond motifs is 4. The van der Waals surface area contributed by atoms with E-state index in [1.54, 1.807) is 17.0 Å². The van der Waals surface area contributed by atoms with Gasteiger partial charge in [-0.25, -0.2) is 13.2 Å². The zero-order valence-electron chi connectivity index (χ0n) is 24.8. The Morgan fingerprint density at radius 1 is 1.04 bits per heavy atom. The Morgan fingerprint density at radius 2 is 1.80 bits per heavy atom. The van der Waals surface area contributed by atoms with Gasteiger partial charge in [-0.15, -0.1) is 0 Å². The topological polar surface area (TPSA) is 87.7 Å². The number of carbonyl (C=O) groups is 2. The van der Waals surface area contributed by atoms with Gasteiger partial charge in [-0.05, 0) is 53.8 Å². The first-order chi connectivity index (χ1) is 21.8. The summed E-state index contributed by atoms with van der Waals surface area (Å²) in [5, 5.41) is 4.12. The maximum absolute atomic E-state index is 16.8. The lowest BCUT2D eigenvalue weighted by Gasteiger charge is -2.31. The van der Waals surface area contributed by atoms with Crippen LogP contribution in [0, 0.1) is 23.5 Å². The molecule has 0 spiro atoms. The van der Waals surface area contributed by atoms with E-state index in [4.69, 9.17) is 4.74 Å². The maximum Gasteiger partial charge on any atom is 0.319 e. The number of benzene rings is 3. The van der Waals surface area contributed by atoms with Crippen LogP contribution in [0.5, 0.6) is 6.01 Å². The number of nitrogens with one attached hydrogen (secondary N) is 1. The number of nitrogens with zero attached hydrogens (tertiary/aromatic N) is 4. The van der Waals surface area contributed by atoms with Crippen molar-refractivity contribution in [2.45, 2.75) is 44.3 Å². The lowest BCUT2D eigenvalue weighted by Crippen LogP contribution is -2.43. The van der Waals surface area contributed by atoms with Gasteiger partial charge in [0.05, 0.1) is 22.9 Å². The highest BCUT2D eigenvalue weighted by molar-refractivity contribution is 6.07. The van der Waals surface area contributed by atoms with Crippen molar-refractivity contribution < 1.29 is 27.5 Å². The molecule has 0 aliphatic carbocycles. The van der Waals surface area contributed by atoms with Gasteiger partial charge < -0.3 is 9.64 Å². The van der Waals surface area contributed by atoms with Crippen LogP contribution in [0.25, 0.3) is 32.8 Å². The summed E-state index contributed by atoms with van der Waals surface area (Å²) in [6.45, 7) is 3.57. The maximum atomic E-state index is 16.8. The molecular weight excluding hydrogens is 583 g/mol. The van der Waals surface area contributed by atoms with Crippen LogP contribution in [0.4, 0.5) is 19.0 Å². The Labute approximate surface area is 257 Å². The molecule has 232 valence electrons. The minimum Gasteiger partial charge on any atom is -0.461 e. The molecule has 4 aromatic rings. The number of halogens is 3. The van der Waals surface area contributed by atoms with Crippen molar-refractivity contribution in [2.75, 3.05) is 37.7 Å². The van der Waals surface area contributed by atoms with Gasteiger partial charge >= 0.3 is 6.01 Å². The van der Waals surface area contributed by atoms with Crippen molar-refractivity contribution in [3.63, 3.8) is 0 Å². The van der Waals surface area contributed by atoms with E-state index < -0.39 is 35.2 Å². The highest BCUT2D eigenvalue weighted by atomic mass is 19.1. The van der Waals surface area contributed by atoms with E-state index in [1.807, 2.05) is 31.2 Å². The van der Waals surface area contributed by atoms with Gasteiger partial charge in [0.25, 0.3) is 0 Å². The van der Waals surface area contributed by atoms with Gasteiger partial charge in [0, 0.05) is 31.4 Å². The first kappa shape index (κ1) is 28.2. The van der Waals surface area contributed by atoms with E-state index in [2.05, 4.69) is 20.2 Å². The van der Waals surface area contributed by atoms with Crippen LogP contribution < -0.4 is 15.0 Å². The average Bonchev–Trinajstić information content (AvgIpc) is 3.77. The van der Waals surface area contributed by atoms with Crippen LogP contribution in [-0.2, 0) is 16.0 Å². The quantitative estimate of drug-likeness (QED) is 0.307. The van der Waals surface area contributed by atoms with Crippen LogP contribution in [0.15, 0.2) is 42.5 Å². The highest BCUT2D eigenvalue weighted by Crippen LogP contribution is 2.43. The lowest BCUT2D eigenvalue weighted by atomic mass is 9.92. The summed E-state index contributed by atoms with van der Waals surface area (Å²) in [6, 6.07) is 12.3. The van der Waals surface area contributed by atoms with Crippen molar-refractivity contribution in [2.24, 2.45) is 11.8 Å². The molecule has 2 unspecified atom stereocenters. The molecule has 4 aliphatic heterocycles. The molecule has 11 heteroatoms. The molecule has 5 heterocycles. The molecule has 45 heavy (non-hydrogen) atoms. The Balaban J connectivity index is 1.28. The van der Waals surface area contributed by atoms with Crippen LogP contribution >= 0.6 is 0 Å². The predicted octanol–water partition coefficient (Wildman–Crippen LogP) is 4.95. The minimum absolute atomic E-state index is 0.113. The lowest BCUT2D eigenvalue weighted by molar-refractivity contribution is -0.126. The zero-order valence-corrected chi connectivity index (χ0v) is 24.8. The number of amides is 2. The fourth-order valence-corrected chi connectivity index (χ4v) is 8.10. The summed E-state index contributed by atoms with van der Waals surface area (Å²) < 4.78 is 53.6. The fourth-order valence-electron chi connectivity index (χ4n) is 8.10. The first-order valence-electron chi connectivity index (χ1n) is 15.6. The summed E-state index contributed by atoms with van der Waals surface area (Å²) in [4.78, 5) is 37.8. The second kappa shape index (κ2) is 10.4. The molecule has 0 saturated carbocycles.